The Morgan fingerprint density at radius 3 is 0.968 bits per heavy atom. The molecule has 0 saturated carbocycles. The van der Waals surface area contributed by atoms with Gasteiger partial charge in [-0.15, -0.1) is 0 Å². The van der Waals surface area contributed by atoms with E-state index < -0.39 is 14.5 Å². The smallest absolute Gasteiger partial charge is 0.179 e. The predicted octanol–water partition coefficient (Wildman–Crippen LogP) is 4.66. The zero-order valence-electron chi connectivity index (χ0n) is 17.6. The van der Waals surface area contributed by atoms with Gasteiger partial charge in [0.25, 0.3) is 0 Å². The number of aliphatic hydroxyl groups is 1. The molecule has 154 valence electrons. The average Bonchev–Trinajstić information content (AvgIpc) is 2.86. The van der Waals surface area contributed by atoms with Crippen LogP contribution in [0.2, 0.25) is 0 Å². The predicted molar refractivity (Wildman–Crippen MR) is 139 cm³/mol. The Kier molecular flexibility index (Phi) is 5.77. The van der Waals surface area contributed by atoms with E-state index in [0.717, 1.165) is 18.2 Å². The van der Waals surface area contributed by atoms with E-state index in [-0.39, 0.29) is 6.10 Å². The second-order valence-corrected chi connectivity index (χ2v) is 16.2. The van der Waals surface area contributed by atoms with Gasteiger partial charge in [-0.3, -0.25) is 0 Å². The number of hydrogen-bond acceptors (Lipinski definition) is 1. The Bertz CT molecular complexity index is 945. The second-order valence-electron chi connectivity index (χ2n) is 8.44. The molecule has 1 heterocycles. The van der Waals surface area contributed by atoms with E-state index in [4.69, 9.17) is 0 Å². The van der Waals surface area contributed by atoms with Gasteiger partial charge in [-0.05, 0) is 48.5 Å². The Balaban J connectivity index is 1.78. The topological polar surface area (TPSA) is 20.2 Å². The SMILES string of the molecule is OC1C[P+](c2ccccc2)(c2ccccc2)C[P+](c2ccccc2)(c2ccccc2)C1. The van der Waals surface area contributed by atoms with Crippen LogP contribution in [-0.4, -0.2) is 29.4 Å². The summed E-state index contributed by atoms with van der Waals surface area (Å²) in [4.78, 5) is 0. The average molecular weight is 442 g/mol. The monoisotopic (exact) mass is 442 g/mol. The van der Waals surface area contributed by atoms with Crippen LogP contribution in [0, 0.1) is 0 Å². The molecule has 1 aliphatic rings. The molecule has 1 aliphatic heterocycles. The minimum absolute atomic E-state index is 0.309. The third-order valence-corrected chi connectivity index (χ3v) is 17.6. The first-order valence-corrected chi connectivity index (χ1v) is 15.2. The molecule has 0 amide bonds. The van der Waals surface area contributed by atoms with Gasteiger partial charge in [-0.1, -0.05) is 72.8 Å². The fourth-order valence-corrected chi connectivity index (χ4v) is 18.4. The summed E-state index contributed by atoms with van der Waals surface area (Å²) in [6.07, 6.45) is 1.42. The molecule has 0 spiro atoms. The van der Waals surface area contributed by atoms with Crippen LogP contribution in [0.5, 0.6) is 0 Å². The summed E-state index contributed by atoms with van der Waals surface area (Å²) in [5.74, 6) is 1.14. The quantitative estimate of drug-likeness (QED) is 0.456. The molecule has 4 aromatic rings. The molecule has 3 heteroatoms. The number of hydrogen-bond donors (Lipinski definition) is 1. The maximum absolute atomic E-state index is 11.5. The van der Waals surface area contributed by atoms with Gasteiger partial charge in [0.1, 0.15) is 54.2 Å². The van der Waals surface area contributed by atoms with Crippen LogP contribution in [0.3, 0.4) is 0 Å². The molecule has 4 aromatic carbocycles. The lowest BCUT2D eigenvalue weighted by Gasteiger charge is -2.40. The molecular formula is C28H28OP2+2. The zero-order valence-corrected chi connectivity index (χ0v) is 19.4. The molecule has 0 bridgehead atoms. The highest BCUT2D eigenvalue weighted by Gasteiger charge is 2.62. The van der Waals surface area contributed by atoms with Crippen molar-refractivity contribution in [2.45, 2.75) is 6.10 Å². The van der Waals surface area contributed by atoms with Crippen molar-refractivity contribution in [2.75, 3.05) is 18.2 Å². The minimum Gasteiger partial charge on any atom is -0.385 e. The fraction of sp³-hybridized carbons (Fsp3) is 0.143. The van der Waals surface area contributed by atoms with E-state index in [0.29, 0.717) is 0 Å². The summed E-state index contributed by atoms with van der Waals surface area (Å²) in [6, 6.07) is 44.0. The summed E-state index contributed by atoms with van der Waals surface area (Å²) >= 11 is 0. The summed E-state index contributed by atoms with van der Waals surface area (Å²) in [5.41, 5.74) is 0. The molecule has 1 N–H and O–H groups in total. The Hall–Kier alpha value is -2.30. The van der Waals surface area contributed by atoms with Crippen LogP contribution in [0.4, 0.5) is 0 Å². The Labute approximate surface area is 186 Å². The first-order chi connectivity index (χ1) is 15.2. The second kappa shape index (κ2) is 8.68. The molecule has 31 heavy (non-hydrogen) atoms. The van der Waals surface area contributed by atoms with Crippen LogP contribution < -0.4 is 21.2 Å². The highest BCUT2D eigenvalue weighted by molar-refractivity contribution is 8.05. The first-order valence-electron chi connectivity index (χ1n) is 10.9. The minimum atomic E-state index is -1.80. The van der Waals surface area contributed by atoms with Gasteiger partial charge in [0, 0.05) is 0 Å². The van der Waals surface area contributed by atoms with Crippen molar-refractivity contribution in [1.82, 2.24) is 0 Å². The highest BCUT2D eigenvalue weighted by atomic mass is 31.2. The molecule has 1 saturated heterocycles. The van der Waals surface area contributed by atoms with Gasteiger partial charge >= 0.3 is 0 Å². The normalized spacial score (nSPS) is 17.8. The van der Waals surface area contributed by atoms with Crippen molar-refractivity contribution in [2.24, 2.45) is 0 Å². The van der Waals surface area contributed by atoms with E-state index >= 15 is 0 Å². The number of rotatable bonds is 4. The lowest BCUT2D eigenvalue weighted by molar-refractivity contribution is 0.221. The van der Waals surface area contributed by atoms with Crippen LogP contribution in [0.15, 0.2) is 121 Å². The van der Waals surface area contributed by atoms with Gasteiger partial charge in [0.15, 0.2) is 5.90 Å². The van der Waals surface area contributed by atoms with Crippen LogP contribution in [-0.2, 0) is 0 Å². The Morgan fingerprint density at radius 1 is 0.452 bits per heavy atom. The molecule has 1 nitrogen and oxygen atoms in total. The van der Waals surface area contributed by atoms with Crippen molar-refractivity contribution < 1.29 is 5.11 Å². The fourth-order valence-electron chi connectivity index (χ4n) is 5.20. The maximum Gasteiger partial charge on any atom is 0.179 e. The van der Waals surface area contributed by atoms with E-state index in [1.165, 1.54) is 21.2 Å². The lowest BCUT2D eigenvalue weighted by atomic mass is 10.4. The lowest BCUT2D eigenvalue weighted by Crippen LogP contribution is -2.44. The third-order valence-electron chi connectivity index (χ3n) is 6.53. The van der Waals surface area contributed by atoms with Gasteiger partial charge in [-0.2, -0.15) is 0 Å². The molecule has 5 rings (SSSR count). The van der Waals surface area contributed by atoms with Crippen LogP contribution in [0.25, 0.3) is 0 Å². The van der Waals surface area contributed by atoms with Crippen molar-refractivity contribution in [3.8, 4) is 0 Å². The molecular weight excluding hydrogens is 414 g/mol. The Morgan fingerprint density at radius 2 is 0.710 bits per heavy atom. The molecule has 1 fully saturated rings. The van der Waals surface area contributed by atoms with Crippen LogP contribution in [0.1, 0.15) is 0 Å². The molecule has 0 unspecified atom stereocenters. The van der Waals surface area contributed by atoms with E-state index in [9.17, 15) is 5.11 Å². The summed E-state index contributed by atoms with van der Waals surface area (Å²) in [7, 11) is -3.61. The number of benzene rings is 4. The van der Waals surface area contributed by atoms with E-state index in [1.54, 1.807) is 0 Å². The highest BCUT2D eigenvalue weighted by Crippen LogP contribution is 2.75. The maximum atomic E-state index is 11.5. The summed E-state index contributed by atoms with van der Waals surface area (Å²) < 4.78 is 0. The summed E-state index contributed by atoms with van der Waals surface area (Å²) in [5, 5.41) is 17.1. The zero-order chi connectivity index (χ0) is 21.2. The number of aliphatic hydroxyl groups excluding tert-OH is 1. The van der Waals surface area contributed by atoms with Crippen molar-refractivity contribution >= 4 is 35.7 Å². The standard InChI is InChI=1S/C28H28OP2/c29-24-21-30(25-13-5-1-6-14-25,26-15-7-2-8-16-26)23-31(22-24,27-17-9-3-10-18-27)28-19-11-4-12-20-28/h1-20,24,29H,21-23H2/q+2. The largest absolute Gasteiger partial charge is 0.385 e. The first kappa shape index (κ1) is 20.6. The van der Waals surface area contributed by atoms with Gasteiger partial charge in [0.2, 0.25) is 0 Å². The van der Waals surface area contributed by atoms with Gasteiger partial charge < -0.3 is 5.11 Å². The molecule has 0 aliphatic carbocycles. The van der Waals surface area contributed by atoms with Gasteiger partial charge in [-0.25, -0.2) is 0 Å². The molecule has 0 aromatic heterocycles. The molecule has 0 radical (unpaired) electrons. The van der Waals surface area contributed by atoms with E-state index in [2.05, 4.69) is 121 Å². The van der Waals surface area contributed by atoms with Crippen molar-refractivity contribution in [3.05, 3.63) is 121 Å². The van der Waals surface area contributed by atoms with E-state index in [1.807, 2.05) is 0 Å². The van der Waals surface area contributed by atoms with Crippen LogP contribution >= 0.6 is 14.5 Å². The van der Waals surface area contributed by atoms with Crippen molar-refractivity contribution in [3.63, 3.8) is 0 Å². The van der Waals surface area contributed by atoms with Gasteiger partial charge in [0.05, 0.1) is 0 Å². The van der Waals surface area contributed by atoms with Crippen molar-refractivity contribution in [1.29, 1.82) is 0 Å². The third kappa shape index (κ3) is 3.77. The molecule has 0 atom stereocenters. The summed E-state index contributed by atoms with van der Waals surface area (Å²) in [6.45, 7) is 0.